The molecule has 0 spiro atoms. The molecule has 33 heavy (non-hydrogen) atoms. The van der Waals surface area contributed by atoms with E-state index in [1.165, 1.54) is 0 Å². The molecule has 174 valence electrons. The summed E-state index contributed by atoms with van der Waals surface area (Å²) in [6.45, 7) is 8.06. The molecule has 0 N–H and O–H groups in total. The van der Waals surface area contributed by atoms with Crippen LogP contribution in [0.4, 0.5) is 0 Å². The Morgan fingerprint density at radius 1 is 1.06 bits per heavy atom. The molecular formula is C27H32ClN3O2. The van der Waals surface area contributed by atoms with Crippen molar-refractivity contribution in [1.29, 1.82) is 0 Å². The molecule has 1 amide bonds. The van der Waals surface area contributed by atoms with Gasteiger partial charge in [-0.25, -0.2) is 0 Å². The van der Waals surface area contributed by atoms with Crippen LogP contribution in [0.2, 0.25) is 5.02 Å². The normalized spacial score (nSPS) is 12.3. The van der Waals surface area contributed by atoms with E-state index >= 15 is 0 Å². The minimum Gasteiger partial charge on any atom is -0.488 e. The summed E-state index contributed by atoms with van der Waals surface area (Å²) in [5.41, 5.74) is 5.50. The van der Waals surface area contributed by atoms with Gasteiger partial charge in [0.2, 0.25) is 5.91 Å². The molecule has 0 fully saturated rings. The average molecular weight is 466 g/mol. The fourth-order valence-corrected chi connectivity index (χ4v) is 4.47. The van der Waals surface area contributed by atoms with Gasteiger partial charge in [0.15, 0.2) is 0 Å². The van der Waals surface area contributed by atoms with Crippen molar-refractivity contribution in [2.45, 2.75) is 33.3 Å². The van der Waals surface area contributed by atoms with Gasteiger partial charge in [0.1, 0.15) is 12.4 Å². The summed E-state index contributed by atoms with van der Waals surface area (Å²) in [6.07, 6.45) is 1.14. The van der Waals surface area contributed by atoms with E-state index in [0.29, 0.717) is 24.5 Å². The number of benzene rings is 2. The van der Waals surface area contributed by atoms with Crippen LogP contribution in [0.1, 0.15) is 31.5 Å². The summed E-state index contributed by atoms with van der Waals surface area (Å²) in [5.74, 6) is 1.08. The van der Waals surface area contributed by atoms with Crippen molar-refractivity contribution in [3.8, 4) is 22.7 Å². The number of carbonyl (C=O) groups is 1. The van der Waals surface area contributed by atoms with Crippen molar-refractivity contribution < 1.29 is 9.53 Å². The fourth-order valence-electron chi connectivity index (χ4n) is 4.34. The third-order valence-corrected chi connectivity index (χ3v) is 6.64. The van der Waals surface area contributed by atoms with Crippen molar-refractivity contribution in [2.24, 2.45) is 0 Å². The Bertz CT molecular complexity index is 1110. The number of halogens is 1. The van der Waals surface area contributed by atoms with Gasteiger partial charge in [-0.2, -0.15) is 0 Å². The molecule has 4 rings (SSSR count). The average Bonchev–Trinajstić information content (AvgIpc) is 3.22. The van der Waals surface area contributed by atoms with Crippen LogP contribution >= 0.6 is 11.6 Å². The van der Waals surface area contributed by atoms with Crippen molar-refractivity contribution >= 4 is 17.5 Å². The first-order valence-corrected chi connectivity index (χ1v) is 12.1. The van der Waals surface area contributed by atoms with Crippen LogP contribution in [0.15, 0.2) is 54.6 Å². The number of likely N-dealkylation sites (N-methyl/N-ethyl adjacent to an activating group) is 2. The first kappa shape index (κ1) is 23.4. The summed E-state index contributed by atoms with van der Waals surface area (Å²) in [5, 5.41) is 0.705. The van der Waals surface area contributed by atoms with Crippen LogP contribution in [-0.2, 0) is 17.8 Å². The molecule has 0 radical (unpaired) electrons. The molecule has 1 aliphatic heterocycles. The van der Waals surface area contributed by atoms with Gasteiger partial charge in [-0.3, -0.25) is 4.79 Å². The predicted molar refractivity (Wildman–Crippen MR) is 134 cm³/mol. The van der Waals surface area contributed by atoms with Crippen molar-refractivity contribution in [3.63, 3.8) is 0 Å². The number of hydrogen-bond acceptors (Lipinski definition) is 3. The monoisotopic (exact) mass is 465 g/mol. The lowest BCUT2D eigenvalue weighted by atomic mass is 10.0. The highest BCUT2D eigenvalue weighted by Crippen LogP contribution is 2.41. The van der Waals surface area contributed by atoms with Gasteiger partial charge in [0.05, 0.1) is 5.69 Å². The molecule has 6 heteroatoms. The first-order chi connectivity index (χ1) is 16.0. The molecule has 0 atom stereocenters. The summed E-state index contributed by atoms with van der Waals surface area (Å²) in [6, 6.07) is 18.2. The number of nitrogens with zero attached hydrogens (tertiary/aromatic N) is 3. The molecule has 0 bridgehead atoms. The van der Waals surface area contributed by atoms with Crippen LogP contribution in [0.5, 0.6) is 5.75 Å². The van der Waals surface area contributed by atoms with Crippen molar-refractivity contribution in [1.82, 2.24) is 14.4 Å². The Morgan fingerprint density at radius 3 is 2.55 bits per heavy atom. The number of amides is 1. The van der Waals surface area contributed by atoms with Gasteiger partial charge >= 0.3 is 0 Å². The van der Waals surface area contributed by atoms with Crippen LogP contribution < -0.4 is 4.74 Å². The Hall–Kier alpha value is -2.76. The molecule has 1 aliphatic rings. The van der Waals surface area contributed by atoms with Crippen molar-refractivity contribution in [2.75, 3.05) is 33.2 Å². The van der Waals surface area contributed by atoms with Gasteiger partial charge in [0, 0.05) is 53.6 Å². The van der Waals surface area contributed by atoms with Gasteiger partial charge in [-0.15, -0.1) is 0 Å². The summed E-state index contributed by atoms with van der Waals surface area (Å²) in [4.78, 5) is 17.2. The SMILES string of the molecule is CCN(C)CCN(CC)C(=O)CCc1cc2c(n1-c1ccc(Cl)cc1)-c1ccccc1OC2. The number of aryl methyl sites for hydroxylation is 1. The van der Waals surface area contributed by atoms with Gasteiger partial charge in [0.25, 0.3) is 0 Å². The van der Waals surface area contributed by atoms with Crippen LogP contribution in [0, 0.1) is 0 Å². The van der Waals surface area contributed by atoms with Gasteiger partial charge in [-0.1, -0.05) is 30.7 Å². The largest absolute Gasteiger partial charge is 0.488 e. The number of carbonyl (C=O) groups excluding carboxylic acids is 1. The van der Waals surface area contributed by atoms with Gasteiger partial charge in [-0.05, 0) is 69.4 Å². The maximum atomic E-state index is 13.0. The molecule has 0 saturated carbocycles. The molecule has 1 aromatic heterocycles. The number of rotatable bonds is 9. The third-order valence-electron chi connectivity index (χ3n) is 6.39. The zero-order valence-electron chi connectivity index (χ0n) is 19.7. The third kappa shape index (κ3) is 5.10. The zero-order valence-corrected chi connectivity index (χ0v) is 20.4. The Balaban J connectivity index is 1.63. The molecule has 0 unspecified atom stereocenters. The molecular weight excluding hydrogens is 434 g/mol. The van der Waals surface area contributed by atoms with Gasteiger partial charge < -0.3 is 19.1 Å². The van der Waals surface area contributed by atoms with E-state index in [0.717, 1.165) is 60.1 Å². The Kier molecular flexibility index (Phi) is 7.41. The maximum Gasteiger partial charge on any atom is 0.222 e. The van der Waals surface area contributed by atoms with E-state index in [4.69, 9.17) is 16.3 Å². The number of para-hydroxylation sites is 1. The first-order valence-electron chi connectivity index (χ1n) is 11.7. The minimum atomic E-state index is 0.195. The maximum absolute atomic E-state index is 13.0. The second-order valence-corrected chi connectivity index (χ2v) is 8.91. The number of fused-ring (bicyclic) bond motifs is 3. The van der Waals surface area contributed by atoms with E-state index in [1.54, 1.807) is 0 Å². The molecule has 3 aromatic rings. The molecule has 2 heterocycles. The molecule has 0 saturated heterocycles. The second kappa shape index (κ2) is 10.4. The van der Waals surface area contributed by atoms with E-state index in [1.807, 2.05) is 54.3 Å². The van der Waals surface area contributed by atoms with Crippen LogP contribution in [0.3, 0.4) is 0 Å². The highest BCUT2D eigenvalue weighted by atomic mass is 35.5. The molecule has 2 aromatic carbocycles. The number of hydrogen-bond donors (Lipinski definition) is 0. The Morgan fingerprint density at radius 2 is 1.82 bits per heavy atom. The van der Waals surface area contributed by atoms with E-state index in [-0.39, 0.29) is 5.91 Å². The summed E-state index contributed by atoms with van der Waals surface area (Å²) < 4.78 is 8.27. The number of aromatic nitrogens is 1. The van der Waals surface area contributed by atoms with Crippen molar-refractivity contribution in [3.05, 3.63) is 70.9 Å². The topological polar surface area (TPSA) is 37.7 Å². The summed E-state index contributed by atoms with van der Waals surface area (Å²) in [7, 11) is 2.09. The fraction of sp³-hybridized carbons (Fsp3) is 0.370. The van der Waals surface area contributed by atoms with E-state index in [2.05, 4.69) is 35.6 Å². The predicted octanol–water partition coefficient (Wildman–Crippen LogP) is 5.42. The Labute approximate surface area is 201 Å². The summed E-state index contributed by atoms with van der Waals surface area (Å²) >= 11 is 6.17. The lowest BCUT2D eigenvalue weighted by Gasteiger charge is -2.24. The number of ether oxygens (including phenoxy) is 1. The lowest BCUT2D eigenvalue weighted by molar-refractivity contribution is -0.131. The second-order valence-electron chi connectivity index (χ2n) is 8.48. The quantitative estimate of drug-likeness (QED) is 0.423. The standard InChI is InChI=1S/C27H32ClN3O2/c1-4-29(3)16-17-30(5-2)26(32)15-14-23-18-20-19-33-25-9-7-6-8-24(25)27(20)31(23)22-12-10-21(28)11-13-22/h6-13,18H,4-5,14-17,19H2,1-3H3. The smallest absolute Gasteiger partial charge is 0.222 e. The molecule has 0 aliphatic carbocycles. The molecule has 5 nitrogen and oxygen atoms in total. The lowest BCUT2D eigenvalue weighted by Crippen LogP contribution is -2.37. The van der Waals surface area contributed by atoms with Crippen LogP contribution in [-0.4, -0.2) is 53.5 Å². The zero-order chi connectivity index (χ0) is 23.4. The van der Waals surface area contributed by atoms with E-state index < -0.39 is 0 Å². The highest BCUT2D eigenvalue weighted by molar-refractivity contribution is 6.30. The van der Waals surface area contributed by atoms with E-state index in [9.17, 15) is 4.79 Å². The highest BCUT2D eigenvalue weighted by Gasteiger charge is 2.25. The van der Waals surface area contributed by atoms with Crippen LogP contribution in [0.25, 0.3) is 16.9 Å². The minimum absolute atomic E-state index is 0.195.